The lowest BCUT2D eigenvalue weighted by Gasteiger charge is -2.24. The smallest absolute Gasteiger partial charge is 0.244 e. The predicted molar refractivity (Wildman–Crippen MR) is 97.4 cm³/mol. The maximum Gasteiger partial charge on any atom is 0.244 e. The molecule has 0 atom stereocenters. The maximum atomic E-state index is 14.6. The van der Waals surface area contributed by atoms with E-state index in [9.17, 15) is 14.0 Å². The first-order valence-electron chi connectivity index (χ1n) is 8.74. The highest BCUT2D eigenvalue weighted by atomic mass is 35.5. The normalized spacial score (nSPS) is 17.8. The van der Waals surface area contributed by atoms with Crippen LogP contribution < -0.4 is 10.6 Å². The lowest BCUT2D eigenvalue weighted by Crippen LogP contribution is -2.39. The third-order valence-corrected chi connectivity index (χ3v) is 4.74. The SMILES string of the molecule is Cl.O=C(CN1CCCCCCC1=O)Nc1ccc2c(c1F)CCNC2. The molecule has 2 amide bonds. The summed E-state index contributed by atoms with van der Waals surface area (Å²) < 4.78 is 14.6. The van der Waals surface area contributed by atoms with Crippen LogP contribution in [0.1, 0.15) is 43.2 Å². The molecule has 1 aromatic carbocycles. The fourth-order valence-electron chi connectivity index (χ4n) is 3.38. The molecule has 7 heteroatoms. The van der Waals surface area contributed by atoms with Crippen molar-refractivity contribution in [3.63, 3.8) is 0 Å². The van der Waals surface area contributed by atoms with Gasteiger partial charge < -0.3 is 15.5 Å². The zero-order valence-corrected chi connectivity index (χ0v) is 15.1. The number of nitrogens with one attached hydrogen (secondary N) is 2. The number of hydrogen-bond acceptors (Lipinski definition) is 3. The Labute approximate surface area is 153 Å². The molecule has 2 aliphatic rings. The van der Waals surface area contributed by atoms with E-state index >= 15 is 0 Å². The summed E-state index contributed by atoms with van der Waals surface area (Å²) in [6.07, 6.45) is 5.06. The molecule has 3 rings (SSSR count). The Morgan fingerprint density at radius 2 is 2.00 bits per heavy atom. The summed E-state index contributed by atoms with van der Waals surface area (Å²) in [5, 5.41) is 5.84. The van der Waals surface area contributed by atoms with Gasteiger partial charge in [-0.3, -0.25) is 9.59 Å². The third kappa shape index (κ3) is 4.92. The molecule has 0 saturated carbocycles. The van der Waals surface area contributed by atoms with E-state index < -0.39 is 0 Å². The number of likely N-dealkylation sites (tertiary alicyclic amines) is 1. The van der Waals surface area contributed by atoms with Gasteiger partial charge in [-0.1, -0.05) is 18.9 Å². The molecule has 1 aromatic rings. The van der Waals surface area contributed by atoms with Gasteiger partial charge >= 0.3 is 0 Å². The number of halogens is 2. The minimum atomic E-state index is -0.346. The van der Waals surface area contributed by atoms with Crippen molar-refractivity contribution in [1.82, 2.24) is 10.2 Å². The van der Waals surface area contributed by atoms with E-state index in [0.29, 0.717) is 31.5 Å². The predicted octanol–water partition coefficient (Wildman–Crippen LogP) is 2.62. The van der Waals surface area contributed by atoms with Gasteiger partial charge in [0.15, 0.2) is 0 Å². The summed E-state index contributed by atoms with van der Waals surface area (Å²) in [6, 6.07) is 3.45. The Hall–Kier alpha value is -1.66. The highest BCUT2D eigenvalue weighted by Gasteiger charge is 2.21. The molecule has 0 radical (unpaired) electrons. The number of anilines is 1. The standard InChI is InChI=1S/C18H24FN3O2.ClH/c19-18-14-8-9-20-11-13(14)6-7-15(18)21-16(23)12-22-10-4-2-1-3-5-17(22)24;/h6-7,20H,1-5,8-12H2,(H,21,23);1H. The molecule has 0 spiro atoms. The fraction of sp³-hybridized carbons (Fsp3) is 0.556. The molecule has 0 aromatic heterocycles. The van der Waals surface area contributed by atoms with Gasteiger partial charge in [0, 0.05) is 19.5 Å². The van der Waals surface area contributed by atoms with Gasteiger partial charge in [0.25, 0.3) is 0 Å². The van der Waals surface area contributed by atoms with E-state index in [1.165, 1.54) is 0 Å². The second kappa shape index (κ2) is 9.15. The summed E-state index contributed by atoms with van der Waals surface area (Å²) in [5.41, 5.74) is 1.82. The number of carbonyl (C=O) groups excluding carboxylic acids is 2. The first-order chi connectivity index (χ1) is 11.6. The second-order valence-corrected chi connectivity index (χ2v) is 6.52. The van der Waals surface area contributed by atoms with Crippen molar-refractivity contribution in [3.05, 3.63) is 29.1 Å². The monoisotopic (exact) mass is 369 g/mol. The van der Waals surface area contributed by atoms with E-state index in [0.717, 1.165) is 37.8 Å². The second-order valence-electron chi connectivity index (χ2n) is 6.52. The van der Waals surface area contributed by atoms with E-state index in [1.54, 1.807) is 11.0 Å². The number of nitrogens with zero attached hydrogens (tertiary/aromatic N) is 1. The largest absolute Gasteiger partial charge is 0.333 e. The Balaban J connectivity index is 0.00000225. The van der Waals surface area contributed by atoms with Crippen molar-refractivity contribution in [1.29, 1.82) is 0 Å². The molecular formula is C18H25ClFN3O2. The summed E-state index contributed by atoms with van der Waals surface area (Å²) in [5.74, 6) is -0.667. The summed E-state index contributed by atoms with van der Waals surface area (Å²) in [6.45, 7) is 1.99. The van der Waals surface area contributed by atoms with Crippen LogP contribution in [0.4, 0.5) is 10.1 Å². The molecule has 0 unspecified atom stereocenters. The number of hydrogen-bond donors (Lipinski definition) is 2. The average molecular weight is 370 g/mol. The van der Waals surface area contributed by atoms with Crippen LogP contribution in [0.3, 0.4) is 0 Å². The minimum absolute atomic E-state index is 0. The molecule has 2 N–H and O–H groups in total. The molecule has 0 aliphatic carbocycles. The van der Waals surface area contributed by atoms with Crippen LogP contribution in [-0.4, -0.2) is 36.3 Å². The number of carbonyl (C=O) groups is 2. The maximum absolute atomic E-state index is 14.6. The first kappa shape index (κ1) is 19.7. The minimum Gasteiger partial charge on any atom is -0.333 e. The summed E-state index contributed by atoms with van der Waals surface area (Å²) >= 11 is 0. The molecule has 1 saturated heterocycles. The van der Waals surface area contributed by atoms with E-state index in [1.807, 2.05) is 6.07 Å². The van der Waals surface area contributed by atoms with Gasteiger partial charge in [-0.15, -0.1) is 12.4 Å². The van der Waals surface area contributed by atoms with Crippen molar-refractivity contribution >= 4 is 29.9 Å². The van der Waals surface area contributed by atoms with Crippen LogP contribution in [0.25, 0.3) is 0 Å². The molecule has 2 heterocycles. The molecule has 2 aliphatic heterocycles. The number of amides is 2. The first-order valence-corrected chi connectivity index (χ1v) is 8.74. The van der Waals surface area contributed by atoms with Gasteiger partial charge in [0.2, 0.25) is 11.8 Å². The van der Waals surface area contributed by atoms with Gasteiger partial charge in [-0.05, 0) is 43.0 Å². The Kier molecular flexibility index (Phi) is 7.20. The van der Waals surface area contributed by atoms with Crippen LogP contribution in [0.5, 0.6) is 0 Å². The molecule has 5 nitrogen and oxygen atoms in total. The molecule has 0 bridgehead atoms. The fourth-order valence-corrected chi connectivity index (χ4v) is 3.38. The van der Waals surface area contributed by atoms with Gasteiger partial charge in [-0.2, -0.15) is 0 Å². The lowest BCUT2D eigenvalue weighted by molar-refractivity contribution is -0.135. The number of rotatable bonds is 3. The van der Waals surface area contributed by atoms with Crippen molar-refractivity contribution in [3.8, 4) is 0 Å². The summed E-state index contributed by atoms with van der Waals surface area (Å²) in [4.78, 5) is 25.9. The van der Waals surface area contributed by atoms with Crippen molar-refractivity contribution in [2.45, 2.75) is 45.1 Å². The van der Waals surface area contributed by atoms with Crippen LogP contribution in [-0.2, 0) is 22.6 Å². The van der Waals surface area contributed by atoms with Crippen molar-refractivity contribution in [2.75, 3.05) is 25.0 Å². The topological polar surface area (TPSA) is 61.4 Å². The van der Waals surface area contributed by atoms with Crippen LogP contribution in [0, 0.1) is 5.82 Å². The summed E-state index contributed by atoms with van der Waals surface area (Å²) in [7, 11) is 0. The molecule has 138 valence electrons. The average Bonchev–Trinajstić information content (AvgIpc) is 2.57. The van der Waals surface area contributed by atoms with Crippen molar-refractivity contribution in [2.24, 2.45) is 0 Å². The van der Waals surface area contributed by atoms with Crippen LogP contribution >= 0.6 is 12.4 Å². The zero-order valence-electron chi connectivity index (χ0n) is 14.3. The lowest BCUT2D eigenvalue weighted by atomic mass is 9.99. The van der Waals surface area contributed by atoms with Crippen LogP contribution in [0.15, 0.2) is 12.1 Å². The third-order valence-electron chi connectivity index (χ3n) is 4.74. The van der Waals surface area contributed by atoms with Gasteiger partial charge in [0.05, 0.1) is 12.2 Å². The molecular weight excluding hydrogens is 345 g/mol. The Bertz CT molecular complexity index is 639. The van der Waals surface area contributed by atoms with E-state index in [4.69, 9.17) is 0 Å². The highest BCUT2D eigenvalue weighted by molar-refractivity contribution is 5.94. The number of benzene rings is 1. The molecule has 1 fully saturated rings. The zero-order chi connectivity index (χ0) is 16.9. The molecule has 25 heavy (non-hydrogen) atoms. The Morgan fingerprint density at radius 3 is 2.84 bits per heavy atom. The number of fused-ring (bicyclic) bond motifs is 1. The quantitative estimate of drug-likeness (QED) is 0.861. The Morgan fingerprint density at radius 1 is 1.20 bits per heavy atom. The van der Waals surface area contributed by atoms with Crippen LogP contribution in [0.2, 0.25) is 0 Å². The van der Waals surface area contributed by atoms with E-state index in [-0.39, 0.29) is 42.3 Å². The van der Waals surface area contributed by atoms with Crippen molar-refractivity contribution < 1.29 is 14.0 Å². The van der Waals surface area contributed by atoms with Gasteiger partial charge in [0.1, 0.15) is 5.82 Å². The van der Waals surface area contributed by atoms with Gasteiger partial charge in [-0.25, -0.2) is 4.39 Å². The highest BCUT2D eigenvalue weighted by Crippen LogP contribution is 2.24. The van der Waals surface area contributed by atoms with E-state index in [2.05, 4.69) is 10.6 Å².